The van der Waals surface area contributed by atoms with Crippen molar-refractivity contribution < 1.29 is 0 Å². The number of hydrogen-bond donors (Lipinski definition) is 1. The molecule has 1 heterocycles. The summed E-state index contributed by atoms with van der Waals surface area (Å²) in [5.74, 6) is 0. The van der Waals surface area contributed by atoms with E-state index in [1.807, 2.05) is 0 Å². The predicted octanol–water partition coefficient (Wildman–Crippen LogP) is 4.95. The Labute approximate surface area is 124 Å². The van der Waals surface area contributed by atoms with Crippen LogP contribution in [0.25, 0.3) is 16.7 Å². The second-order valence-electron chi connectivity index (χ2n) is 5.15. The van der Waals surface area contributed by atoms with Gasteiger partial charge in [0.2, 0.25) is 0 Å². The molecule has 0 saturated heterocycles. The molecule has 3 aromatic rings. The van der Waals surface area contributed by atoms with Crippen molar-refractivity contribution in [3.63, 3.8) is 0 Å². The second kappa shape index (κ2) is 5.25. The van der Waals surface area contributed by atoms with Gasteiger partial charge in [-0.15, -0.1) is 0 Å². The molecule has 3 heteroatoms. The Hall–Kier alpha value is -1.87. The molecule has 1 N–H and O–H groups in total. The summed E-state index contributed by atoms with van der Waals surface area (Å²) < 4.78 is 2.87. The highest BCUT2D eigenvalue weighted by atomic mass is 32.1. The van der Waals surface area contributed by atoms with Crippen molar-refractivity contribution in [1.82, 2.24) is 9.55 Å². The number of aryl methyl sites for hydroxylation is 2. The van der Waals surface area contributed by atoms with E-state index in [2.05, 4.69) is 65.9 Å². The van der Waals surface area contributed by atoms with Gasteiger partial charge in [-0.1, -0.05) is 37.6 Å². The Morgan fingerprint density at radius 3 is 2.55 bits per heavy atom. The zero-order chi connectivity index (χ0) is 14.1. The summed E-state index contributed by atoms with van der Waals surface area (Å²) in [5, 5.41) is 0. The fourth-order valence-corrected chi connectivity index (χ4v) is 2.98. The quantitative estimate of drug-likeness (QED) is 0.674. The van der Waals surface area contributed by atoms with Crippen LogP contribution in [0.4, 0.5) is 0 Å². The molecular weight excluding hydrogens is 264 g/mol. The van der Waals surface area contributed by atoms with E-state index >= 15 is 0 Å². The standard InChI is InChI=1S/C17H18N2S/c1-3-5-13-8-10-14(11-9-13)19-16-12(2)6-4-7-15(16)18-17(19)20/h4,6-11H,3,5H2,1-2H3,(H,18,20). The third kappa shape index (κ3) is 2.18. The summed E-state index contributed by atoms with van der Waals surface area (Å²) >= 11 is 5.49. The summed E-state index contributed by atoms with van der Waals surface area (Å²) in [6.45, 7) is 4.32. The Morgan fingerprint density at radius 2 is 1.85 bits per heavy atom. The molecule has 0 aliphatic rings. The highest BCUT2D eigenvalue weighted by molar-refractivity contribution is 7.71. The van der Waals surface area contributed by atoms with E-state index < -0.39 is 0 Å². The third-order valence-electron chi connectivity index (χ3n) is 3.64. The van der Waals surface area contributed by atoms with Gasteiger partial charge < -0.3 is 4.98 Å². The lowest BCUT2D eigenvalue weighted by Gasteiger charge is -2.07. The number of nitrogens with zero attached hydrogens (tertiary/aromatic N) is 1. The molecule has 0 unspecified atom stereocenters. The second-order valence-corrected chi connectivity index (χ2v) is 5.54. The van der Waals surface area contributed by atoms with Gasteiger partial charge in [0.25, 0.3) is 0 Å². The zero-order valence-corrected chi connectivity index (χ0v) is 12.6. The minimum absolute atomic E-state index is 0.748. The van der Waals surface area contributed by atoms with Crippen molar-refractivity contribution in [2.24, 2.45) is 0 Å². The van der Waals surface area contributed by atoms with Crippen molar-refractivity contribution in [1.29, 1.82) is 0 Å². The molecule has 0 aliphatic carbocycles. The minimum atomic E-state index is 0.748. The maximum Gasteiger partial charge on any atom is 0.182 e. The number of aromatic amines is 1. The number of rotatable bonds is 3. The topological polar surface area (TPSA) is 20.7 Å². The molecule has 0 atom stereocenters. The minimum Gasteiger partial charge on any atom is -0.330 e. The molecule has 0 amide bonds. The first kappa shape index (κ1) is 13.1. The van der Waals surface area contributed by atoms with Crippen LogP contribution in [0, 0.1) is 11.7 Å². The van der Waals surface area contributed by atoms with Crippen molar-refractivity contribution in [2.75, 3.05) is 0 Å². The Morgan fingerprint density at radius 1 is 1.10 bits per heavy atom. The van der Waals surface area contributed by atoms with E-state index in [1.54, 1.807) is 0 Å². The molecule has 0 saturated carbocycles. The Balaban J connectivity index is 2.19. The maximum absolute atomic E-state index is 5.49. The van der Waals surface area contributed by atoms with Crippen molar-refractivity contribution in [2.45, 2.75) is 26.7 Å². The molecule has 1 aromatic heterocycles. The lowest BCUT2D eigenvalue weighted by Crippen LogP contribution is -1.96. The lowest BCUT2D eigenvalue weighted by atomic mass is 10.1. The van der Waals surface area contributed by atoms with Crippen LogP contribution < -0.4 is 0 Å². The molecule has 2 aromatic carbocycles. The van der Waals surface area contributed by atoms with E-state index in [9.17, 15) is 0 Å². The van der Waals surface area contributed by atoms with Crippen molar-refractivity contribution in [3.8, 4) is 5.69 Å². The van der Waals surface area contributed by atoms with Crippen molar-refractivity contribution in [3.05, 3.63) is 58.4 Å². The van der Waals surface area contributed by atoms with E-state index in [0.717, 1.165) is 22.4 Å². The first-order valence-electron chi connectivity index (χ1n) is 7.00. The number of nitrogens with one attached hydrogen (secondary N) is 1. The van der Waals surface area contributed by atoms with Crippen LogP contribution >= 0.6 is 12.2 Å². The van der Waals surface area contributed by atoms with Gasteiger partial charge in [-0.2, -0.15) is 0 Å². The maximum atomic E-state index is 5.49. The molecule has 0 fully saturated rings. The summed E-state index contributed by atoms with van der Waals surface area (Å²) in [6.07, 6.45) is 2.30. The van der Waals surface area contributed by atoms with Crippen molar-refractivity contribution >= 4 is 23.3 Å². The van der Waals surface area contributed by atoms with Crippen LogP contribution in [0.5, 0.6) is 0 Å². The summed E-state index contributed by atoms with van der Waals surface area (Å²) in [6, 6.07) is 14.9. The number of imidazole rings is 1. The van der Waals surface area contributed by atoms with Gasteiger partial charge in [0.1, 0.15) is 0 Å². The molecule has 3 rings (SSSR count). The average molecular weight is 282 g/mol. The largest absolute Gasteiger partial charge is 0.330 e. The van der Waals surface area contributed by atoms with Crippen LogP contribution in [0.15, 0.2) is 42.5 Å². The van der Waals surface area contributed by atoms with Gasteiger partial charge in [0.15, 0.2) is 4.77 Å². The number of hydrogen-bond acceptors (Lipinski definition) is 1. The van der Waals surface area contributed by atoms with Crippen LogP contribution in [0.3, 0.4) is 0 Å². The van der Waals surface area contributed by atoms with Gasteiger partial charge in [0.05, 0.1) is 11.0 Å². The average Bonchev–Trinajstić information content (AvgIpc) is 2.78. The fourth-order valence-electron chi connectivity index (χ4n) is 2.68. The molecule has 0 radical (unpaired) electrons. The highest BCUT2D eigenvalue weighted by Gasteiger charge is 2.08. The summed E-state index contributed by atoms with van der Waals surface area (Å²) in [7, 11) is 0. The predicted molar refractivity (Wildman–Crippen MR) is 87.2 cm³/mol. The van der Waals surface area contributed by atoms with E-state index in [-0.39, 0.29) is 0 Å². The molecule has 2 nitrogen and oxygen atoms in total. The van der Waals surface area contributed by atoms with Gasteiger partial charge in [-0.05, 0) is 54.9 Å². The summed E-state index contributed by atoms with van der Waals surface area (Å²) in [5.41, 5.74) is 5.98. The number of benzene rings is 2. The molecule has 0 spiro atoms. The molecular formula is C17H18N2S. The van der Waals surface area contributed by atoms with E-state index in [0.29, 0.717) is 0 Å². The van der Waals surface area contributed by atoms with Crippen LogP contribution in [-0.2, 0) is 6.42 Å². The Bertz CT molecular complexity index is 794. The third-order valence-corrected chi connectivity index (χ3v) is 3.92. The molecule has 0 bridgehead atoms. The number of fused-ring (bicyclic) bond motifs is 1. The Kier molecular flexibility index (Phi) is 3.45. The normalized spacial score (nSPS) is 11.1. The zero-order valence-electron chi connectivity index (χ0n) is 11.8. The molecule has 102 valence electrons. The van der Waals surface area contributed by atoms with E-state index in [1.165, 1.54) is 23.1 Å². The first-order valence-corrected chi connectivity index (χ1v) is 7.41. The fraction of sp³-hybridized carbons (Fsp3) is 0.235. The van der Waals surface area contributed by atoms with E-state index in [4.69, 9.17) is 12.2 Å². The molecule has 20 heavy (non-hydrogen) atoms. The van der Waals surface area contributed by atoms with Gasteiger partial charge >= 0.3 is 0 Å². The smallest absolute Gasteiger partial charge is 0.182 e. The lowest BCUT2D eigenvalue weighted by molar-refractivity contribution is 0.920. The monoisotopic (exact) mass is 282 g/mol. The van der Waals surface area contributed by atoms with Gasteiger partial charge in [-0.3, -0.25) is 4.57 Å². The number of H-pyrrole nitrogens is 1. The first-order chi connectivity index (χ1) is 9.70. The van der Waals surface area contributed by atoms with Gasteiger partial charge in [0, 0.05) is 5.69 Å². The van der Waals surface area contributed by atoms with Crippen LogP contribution in [0.2, 0.25) is 0 Å². The van der Waals surface area contributed by atoms with Gasteiger partial charge in [-0.25, -0.2) is 0 Å². The van der Waals surface area contributed by atoms with Crippen LogP contribution in [-0.4, -0.2) is 9.55 Å². The SMILES string of the molecule is CCCc1ccc(-n2c(=S)[nH]c3cccc(C)c32)cc1. The molecule has 0 aliphatic heterocycles. The van der Waals surface area contributed by atoms with Crippen LogP contribution in [0.1, 0.15) is 24.5 Å². The number of para-hydroxylation sites is 1. The number of aromatic nitrogens is 2. The highest BCUT2D eigenvalue weighted by Crippen LogP contribution is 2.23. The summed E-state index contributed by atoms with van der Waals surface area (Å²) in [4.78, 5) is 3.28.